The lowest BCUT2D eigenvalue weighted by molar-refractivity contribution is -0.128. The van der Waals surface area contributed by atoms with Crippen molar-refractivity contribution < 1.29 is 4.79 Å². The Bertz CT molecular complexity index is 134. The number of hydrogen-bond acceptors (Lipinski definition) is 2. The van der Waals surface area contributed by atoms with Crippen LogP contribution >= 0.6 is 0 Å². The number of nitrogens with two attached hydrogens (primary N) is 2. The first-order valence-electron chi connectivity index (χ1n) is 3.45. The Morgan fingerprint density at radius 3 is 2.00 bits per heavy atom. The van der Waals surface area contributed by atoms with Crippen LogP contribution in [-0.4, -0.2) is 12.5 Å². The standard InChI is InChI=1S/C7H16N2O/c1-5(2)7(3,4-8)6(9)10/h5H,4,8H2,1-3H3,(H2,9,10). The van der Waals surface area contributed by atoms with Crippen LogP contribution < -0.4 is 11.5 Å². The maximum absolute atomic E-state index is 10.8. The maximum atomic E-state index is 10.8. The van der Waals surface area contributed by atoms with Crippen molar-refractivity contribution in [3.8, 4) is 0 Å². The van der Waals surface area contributed by atoms with Gasteiger partial charge in [-0.1, -0.05) is 13.8 Å². The first-order chi connectivity index (χ1) is 4.45. The molecule has 0 aliphatic carbocycles. The van der Waals surface area contributed by atoms with E-state index in [2.05, 4.69) is 0 Å². The molecule has 0 aliphatic heterocycles. The summed E-state index contributed by atoms with van der Waals surface area (Å²) >= 11 is 0. The van der Waals surface area contributed by atoms with Gasteiger partial charge in [-0.15, -0.1) is 0 Å². The summed E-state index contributed by atoms with van der Waals surface area (Å²) in [7, 11) is 0. The average molecular weight is 144 g/mol. The fraction of sp³-hybridized carbons (Fsp3) is 0.857. The van der Waals surface area contributed by atoms with E-state index in [1.165, 1.54) is 0 Å². The average Bonchev–Trinajstić information content (AvgIpc) is 1.85. The summed E-state index contributed by atoms with van der Waals surface area (Å²) in [5.74, 6) is -0.111. The molecule has 1 unspecified atom stereocenters. The van der Waals surface area contributed by atoms with Gasteiger partial charge in [-0.3, -0.25) is 4.79 Å². The zero-order valence-electron chi connectivity index (χ0n) is 6.85. The summed E-state index contributed by atoms with van der Waals surface area (Å²) in [4.78, 5) is 10.8. The van der Waals surface area contributed by atoms with E-state index >= 15 is 0 Å². The van der Waals surface area contributed by atoms with E-state index in [9.17, 15) is 4.79 Å². The van der Waals surface area contributed by atoms with Crippen molar-refractivity contribution in [1.29, 1.82) is 0 Å². The van der Waals surface area contributed by atoms with Crippen molar-refractivity contribution in [2.24, 2.45) is 22.8 Å². The van der Waals surface area contributed by atoms with Gasteiger partial charge in [0.15, 0.2) is 0 Å². The van der Waals surface area contributed by atoms with Gasteiger partial charge in [0.2, 0.25) is 5.91 Å². The van der Waals surface area contributed by atoms with Gasteiger partial charge < -0.3 is 11.5 Å². The topological polar surface area (TPSA) is 69.1 Å². The third kappa shape index (κ3) is 1.48. The molecule has 4 N–H and O–H groups in total. The van der Waals surface area contributed by atoms with E-state index in [1.807, 2.05) is 13.8 Å². The lowest BCUT2D eigenvalue weighted by Crippen LogP contribution is -2.44. The van der Waals surface area contributed by atoms with Crippen LogP contribution in [0.25, 0.3) is 0 Å². The molecule has 0 fully saturated rings. The highest BCUT2D eigenvalue weighted by atomic mass is 16.1. The second kappa shape index (κ2) is 3.01. The highest BCUT2D eigenvalue weighted by molar-refractivity contribution is 5.80. The SMILES string of the molecule is CC(C)C(C)(CN)C(N)=O. The number of carbonyl (C=O) groups excluding carboxylic acids is 1. The van der Waals surface area contributed by atoms with Crippen LogP contribution in [0.3, 0.4) is 0 Å². The Balaban J connectivity index is 4.38. The Hall–Kier alpha value is -0.570. The first-order valence-corrected chi connectivity index (χ1v) is 3.45. The molecule has 0 radical (unpaired) electrons. The summed E-state index contributed by atoms with van der Waals surface area (Å²) in [5.41, 5.74) is 10.0. The molecular weight excluding hydrogens is 128 g/mol. The molecule has 0 aromatic rings. The Morgan fingerprint density at radius 2 is 2.00 bits per heavy atom. The predicted molar refractivity (Wildman–Crippen MR) is 41.2 cm³/mol. The van der Waals surface area contributed by atoms with Crippen LogP contribution in [-0.2, 0) is 4.79 Å². The van der Waals surface area contributed by atoms with Crippen molar-refractivity contribution in [3.05, 3.63) is 0 Å². The lowest BCUT2D eigenvalue weighted by atomic mass is 9.79. The first kappa shape index (κ1) is 9.43. The van der Waals surface area contributed by atoms with E-state index in [0.717, 1.165) is 0 Å². The molecule has 0 heterocycles. The van der Waals surface area contributed by atoms with Crippen LogP contribution in [0.2, 0.25) is 0 Å². The third-order valence-electron chi connectivity index (χ3n) is 2.26. The molecule has 3 heteroatoms. The van der Waals surface area contributed by atoms with Gasteiger partial charge in [0.1, 0.15) is 0 Å². The van der Waals surface area contributed by atoms with E-state index in [-0.39, 0.29) is 11.8 Å². The molecule has 3 nitrogen and oxygen atoms in total. The van der Waals surface area contributed by atoms with Crippen LogP contribution in [0.15, 0.2) is 0 Å². The monoisotopic (exact) mass is 144 g/mol. The highest BCUT2D eigenvalue weighted by Gasteiger charge is 2.32. The number of primary amides is 1. The molecular formula is C7H16N2O. The third-order valence-corrected chi connectivity index (χ3v) is 2.26. The summed E-state index contributed by atoms with van der Waals surface area (Å²) < 4.78 is 0. The van der Waals surface area contributed by atoms with Gasteiger partial charge in [-0.25, -0.2) is 0 Å². The minimum atomic E-state index is -0.542. The molecule has 1 atom stereocenters. The van der Waals surface area contributed by atoms with Gasteiger partial charge in [0.25, 0.3) is 0 Å². The largest absolute Gasteiger partial charge is 0.369 e. The fourth-order valence-corrected chi connectivity index (χ4v) is 0.621. The molecule has 0 bridgehead atoms. The van der Waals surface area contributed by atoms with Gasteiger partial charge >= 0.3 is 0 Å². The number of amides is 1. The second-order valence-electron chi connectivity index (χ2n) is 3.14. The summed E-state index contributed by atoms with van der Waals surface area (Å²) in [6.45, 7) is 6.00. The quantitative estimate of drug-likeness (QED) is 0.589. The van der Waals surface area contributed by atoms with Gasteiger partial charge in [-0.2, -0.15) is 0 Å². The maximum Gasteiger partial charge on any atom is 0.224 e. The van der Waals surface area contributed by atoms with E-state index in [0.29, 0.717) is 6.54 Å². The zero-order chi connectivity index (χ0) is 8.36. The minimum Gasteiger partial charge on any atom is -0.369 e. The van der Waals surface area contributed by atoms with E-state index < -0.39 is 5.41 Å². The highest BCUT2D eigenvalue weighted by Crippen LogP contribution is 2.24. The van der Waals surface area contributed by atoms with Crippen molar-refractivity contribution in [2.45, 2.75) is 20.8 Å². The van der Waals surface area contributed by atoms with Crippen molar-refractivity contribution in [1.82, 2.24) is 0 Å². The summed E-state index contributed by atoms with van der Waals surface area (Å²) in [6, 6.07) is 0. The smallest absolute Gasteiger partial charge is 0.224 e. The van der Waals surface area contributed by atoms with Crippen LogP contribution in [0.5, 0.6) is 0 Å². The second-order valence-corrected chi connectivity index (χ2v) is 3.14. The molecule has 10 heavy (non-hydrogen) atoms. The molecule has 0 aromatic carbocycles. The number of hydrogen-bond donors (Lipinski definition) is 2. The fourth-order valence-electron chi connectivity index (χ4n) is 0.621. The van der Waals surface area contributed by atoms with Gasteiger partial charge in [-0.05, 0) is 12.8 Å². The Kier molecular flexibility index (Phi) is 2.84. The minimum absolute atomic E-state index is 0.204. The van der Waals surface area contributed by atoms with Gasteiger partial charge in [0.05, 0.1) is 5.41 Å². The molecule has 0 spiro atoms. The zero-order valence-corrected chi connectivity index (χ0v) is 6.85. The Morgan fingerprint density at radius 1 is 1.60 bits per heavy atom. The van der Waals surface area contributed by atoms with Crippen LogP contribution in [0.4, 0.5) is 0 Å². The Labute approximate surface area is 61.8 Å². The van der Waals surface area contributed by atoms with Crippen molar-refractivity contribution in [2.75, 3.05) is 6.54 Å². The van der Waals surface area contributed by atoms with Crippen molar-refractivity contribution in [3.63, 3.8) is 0 Å². The molecule has 1 amide bonds. The number of rotatable bonds is 3. The molecule has 0 rings (SSSR count). The molecule has 0 aliphatic rings. The van der Waals surface area contributed by atoms with E-state index in [4.69, 9.17) is 11.5 Å². The van der Waals surface area contributed by atoms with Crippen molar-refractivity contribution >= 4 is 5.91 Å². The molecule has 0 saturated carbocycles. The summed E-state index contributed by atoms with van der Waals surface area (Å²) in [5, 5.41) is 0. The van der Waals surface area contributed by atoms with Crippen LogP contribution in [0, 0.1) is 11.3 Å². The van der Waals surface area contributed by atoms with Gasteiger partial charge in [0, 0.05) is 6.54 Å². The molecule has 0 aromatic heterocycles. The lowest BCUT2D eigenvalue weighted by Gasteiger charge is -2.28. The molecule has 60 valence electrons. The van der Waals surface area contributed by atoms with E-state index in [1.54, 1.807) is 6.92 Å². The number of carbonyl (C=O) groups is 1. The molecule has 0 saturated heterocycles. The normalized spacial score (nSPS) is 16.9. The predicted octanol–water partition coefficient (Wildman–Crippen LogP) is 0.0927. The van der Waals surface area contributed by atoms with Crippen LogP contribution in [0.1, 0.15) is 20.8 Å². The summed E-state index contributed by atoms with van der Waals surface area (Å²) in [6.07, 6.45) is 0.